The van der Waals surface area contributed by atoms with Crippen molar-refractivity contribution in [1.82, 2.24) is 5.48 Å². The Balaban J connectivity index is 2.37. The number of nitrogens with one attached hydrogen (secondary N) is 1. The molecule has 1 heterocycles. The van der Waals surface area contributed by atoms with Crippen molar-refractivity contribution >= 4 is 5.91 Å². The zero-order valence-electron chi connectivity index (χ0n) is 4.63. The van der Waals surface area contributed by atoms with Crippen molar-refractivity contribution in [2.24, 2.45) is 5.92 Å². The highest BCUT2D eigenvalue weighted by Crippen LogP contribution is 2.23. The van der Waals surface area contributed by atoms with Crippen molar-refractivity contribution in [3.05, 3.63) is 24.0 Å². The normalized spacial score (nSPS) is 29.1. The van der Waals surface area contributed by atoms with Crippen LogP contribution in [0.4, 0.5) is 0 Å². The van der Waals surface area contributed by atoms with Crippen LogP contribution in [0.2, 0.25) is 0 Å². The molecule has 9 heavy (non-hydrogen) atoms. The Morgan fingerprint density at radius 1 is 1.67 bits per heavy atom. The lowest BCUT2D eigenvalue weighted by molar-refractivity contribution is -0.125. The van der Waals surface area contributed by atoms with Crippen molar-refractivity contribution in [2.45, 2.75) is 0 Å². The second kappa shape index (κ2) is 1.37. The van der Waals surface area contributed by atoms with Gasteiger partial charge in [0, 0.05) is 0 Å². The minimum atomic E-state index is -0.148. The molecule has 2 rings (SSSR count). The highest BCUT2D eigenvalue weighted by molar-refractivity contribution is 5.85. The predicted molar refractivity (Wildman–Crippen MR) is 29.9 cm³/mol. The summed E-state index contributed by atoms with van der Waals surface area (Å²) in [4.78, 5) is 15.5. The van der Waals surface area contributed by atoms with Crippen LogP contribution in [0, 0.1) is 5.92 Å². The molecule has 0 aromatic rings. The van der Waals surface area contributed by atoms with Crippen molar-refractivity contribution in [3.8, 4) is 0 Å². The SMILES string of the molecule is O=C1NOC2=CC=CC12. The zero-order valence-corrected chi connectivity index (χ0v) is 4.63. The van der Waals surface area contributed by atoms with Crippen LogP contribution in [-0.2, 0) is 9.63 Å². The molecule has 3 heteroatoms. The Hall–Kier alpha value is -1.25. The van der Waals surface area contributed by atoms with Gasteiger partial charge in [-0.3, -0.25) is 4.79 Å². The van der Waals surface area contributed by atoms with Gasteiger partial charge in [0.2, 0.25) is 0 Å². The van der Waals surface area contributed by atoms with E-state index in [4.69, 9.17) is 4.84 Å². The molecule has 0 spiro atoms. The quantitative estimate of drug-likeness (QED) is 0.496. The van der Waals surface area contributed by atoms with Gasteiger partial charge in [-0.15, -0.1) is 0 Å². The maximum absolute atomic E-state index is 10.7. The minimum Gasteiger partial charge on any atom is -0.383 e. The second-order valence-electron chi connectivity index (χ2n) is 2.00. The smallest absolute Gasteiger partial charge is 0.267 e. The fourth-order valence-corrected chi connectivity index (χ4v) is 0.947. The monoisotopic (exact) mass is 123 g/mol. The zero-order chi connectivity index (χ0) is 6.27. The van der Waals surface area contributed by atoms with Crippen molar-refractivity contribution in [3.63, 3.8) is 0 Å². The third-order valence-electron chi connectivity index (χ3n) is 1.42. The number of hydrogen-bond acceptors (Lipinski definition) is 2. The molecule has 0 saturated carbocycles. The minimum absolute atomic E-state index is 0.0741. The summed E-state index contributed by atoms with van der Waals surface area (Å²) < 4.78 is 0. The summed E-state index contributed by atoms with van der Waals surface area (Å²) in [7, 11) is 0. The molecule has 0 aromatic heterocycles. The first-order chi connectivity index (χ1) is 4.38. The maximum Gasteiger partial charge on any atom is 0.267 e. The van der Waals surface area contributed by atoms with Crippen LogP contribution < -0.4 is 5.48 Å². The van der Waals surface area contributed by atoms with Crippen LogP contribution in [0.1, 0.15) is 0 Å². The molecule has 46 valence electrons. The Morgan fingerprint density at radius 2 is 2.56 bits per heavy atom. The molecule has 2 aliphatic rings. The van der Waals surface area contributed by atoms with Gasteiger partial charge in [-0.25, -0.2) is 0 Å². The van der Waals surface area contributed by atoms with Gasteiger partial charge >= 0.3 is 0 Å². The van der Waals surface area contributed by atoms with Gasteiger partial charge in [0.25, 0.3) is 5.91 Å². The highest BCUT2D eigenvalue weighted by atomic mass is 16.7. The molecule has 1 atom stereocenters. The predicted octanol–water partition coefficient (Wildman–Crippen LogP) is 0.118. The lowest BCUT2D eigenvalue weighted by Crippen LogP contribution is -2.16. The number of amides is 1. The van der Waals surface area contributed by atoms with Crippen LogP contribution in [-0.4, -0.2) is 5.91 Å². The summed E-state index contributed by atoms with van der Waals surface area (Å²) in [5.74, 6) is 0.486. The highest BCUT2D eigenvalue weighted by Gasteiger charge is 2.31. The molecular weight excluding hydrogens is 118 g/mol. The van der Waals surface area contributed by atoms with Crippen molar-refractivity contribution in [1.29, 1.82) is 0 Å². The van der Waals surface area contributed by atoms with E-state index in [-0.39, 0.29) is 11.8 Å². The molecule has 1 fully saturated rings. The number of hydrogen-bond donors (Lipinski definition) is 1. The molecule has 0 bridgehead atoms. The first-order valence-corrected chi connectivity index (χ1v) is 2.73. The number of carbonyl (C=O) groups excluding carboxylic acids is 1. The van der Waals surface area contributed by atoms with E-state index >= 15 is 0 Å². The van der Waals surface area contributed by atoms with Crippen molar-refractivity contribution < 1.29 is 9.63 Å². The van der Waals surface area contributed by atoms with Crippen LogP contribution >= 0.6 is 0 Å². The third kappa shape index (κ3) is 0.483. The van der Waals surface area contributed by atoms with E-state index < -0.39 is 0 Å². The Labute approximate surface area is 52.0 Å². The molecule has 0 radical (unpaired) electrons. The first kappa shape index (κ1) is 4.61. The van der Waals surface area contributed by atoms with Crippen LogP contribution in [0.25, 0.3) is 0 Å². The number of rotatable bonds is 0. The Kier molecular flexibility index (Phi) is 0.704. The third-order valence-corrected chi connectivity index (χ3v) is 1.42. The molecule has 0 aromatic carbocycles. The maximum atomic E-state index is 10.7. The summed E-state index contributed by atoms with van der Waals surface area (Å²) in [5.41, 5.74) is 2.26. The molecule has 1 amide bonds. The molecule has 1 aliphatic carbocycles. The van der Waals surface area contributed by atoms with Gasteiger partial charge in [-0.1, -0.05) is 12.2 Å². The molecule has 3 nitrogen and oxygen atoms in total. The van der Waals surface area contributed by atoms with Gasteiger partial charge < -0.3 is 4.84 Å². The van der Waals surface area contributed by atoms with Gasteiger partial charge in [0.15, 0.2) is 0 Å². The summed E-state index contributed by atoms with van der Waals surface area (Å²) in [6.07, 6.45) is 5.40. The lowest BCUT2D eigenvalue weighted by atomic mass is 10.1. The van der Waals surface area contributed by atoms with E-state index in [9.17, 15) is 4.79 Å². The van der Waals surface area contributed by atoms with E-state index in [2.05, 4.69) is 5.48 Å². The molecule has 1 aliphatic heterocycles. The topological polar surface area (TPSA) is 38.3 Å². The second-order valence-corrected chi connectivity index (χ2v) is 2.00. The number of allylic oxidation sites excluding steroid dienone is 2. The van der Waals surface area contributed by atoms with E-state index in [1.54, 1.807) is 12.2 Å². The van der Waals surface area contributed by atoms with Gasteiger partial charge in [0.1, 0.15) is 11.7 Å². The molecule has 1 saturated heterocycles. The average molecular weight is 123 g/mol. The summed E-state index contributed by atoms with van der Waals surface area (Å²) >= 11 is 0. The Morgan fingerprint density at radius 3 is 3.33 bits per heavy atom. The first-order valence-electron chi connectivity index (χ1n) is 2.73. The standard InChI is InChI=1S/C6H5NO2/c8-6-4-2-1-3-5(4)9-7-6/h1-4H,(H,7,8). The summed E-state index contributed by atoms with van der Waals surface area (Å²) in [6, 6.07) is 0. The fraction of sp³-hybridized carbons (Fsp3) is 0.167. The molecular formula is C6H5NO2. The average Bonchev–Trinajstić information content (AvgIpc) is 2.35. The van der Waals surface area contributed by atoms with E-state index in [1.807, 2.05) is 6.08 Å². The number of carbonyl (C=O) groups is 1. The van der Waals surface area contributed by atoms with Crippen molar-refractivity contribution in [2.75, 3.05) is 0 Å². The molecule has 1 unspecified atom stereocenters. The van der Waals surface area contributed by atoms with E-state index in [1.165, 1.54) is 0 Å². The summed E-state index contributed by atoms with van der Waals surface area (Å²) in [5, 5.41) is 0. The van der Waals surface area contributed by atoms with Crippen LogP contribution in [0.5, 0.6) is 0 Å². The largest absolute Gasteiger partial charge is 0.383 e. The molecule has 1 N–H and O–H groups in total. The van der Waals surface area contributed by atoms with Crippen LogP contribution in [0.3, 0.4) is 0 Å². The van der Waals surface area contributed by atoms with E-state index in [0.29, 0.717) is 5.76 Å². The number of fused-ring (bicyclic) bond motifs is 1. The van der Waals surface area contributed by atoms with Gasteiger partial charge in [-0.05, 0) is 6.08 Å². The van der Waals surface area contributed by atoms with Crippen LogP contribution in [0.15, 0.2) is 24.0 Å². The Bertz CT molecular complexity index is 217. The van der Waals surface area contributed by atoms with E-state index in [0.717, 1.165) is 0 Å². The fourth-order valence-electron chi connectivity index (χ4n) is 0.947. The van der Waals surface area contributed by atoms with Gasteiger partial charge in [0.05, 0.1) is 0 Å². The lowest BCUT2D eigenvalue weighted by Gasteiger charge is -1.89. The summed E-state index contributed by atoms with van der Waals surface area (Å²) in [6.45, 7) is 0. The van der Waals surface area contributed by atoms with Gasteiger partial charge in [-0.2, -0.15) is 5.48 Å². The number of hydroxylamine groups is 1.